The molecule has 0 bridgehead atoms. The van der Waals surface area contributed by atoms with Gasteiger partial charge in [0.15, 0.2) is 5.82 Å². The average molecular weight is 273 g/mol. The third-order valence-corrected chi connectivity index (χ3v) is 3.16. The third-order valence-electron chi connectivity index (χ3n) is 3.16. The highest BCUT2D eigenvalue weighted by atomic mass is 19.1. The van der Waals surface area contributed by atoms with E-state index in [-0.39, 0.29) is 12.4 Å². The van der Waals surface area contributed by atoms with Gasteiger partial charge in [0.25, 0.3) is 0 Å². The molecule has 1 saturated carbocycles. The number of aromatic nitrogens is 2. The van der Waals surface area contributed by atoms with Gasteiger partial charge in [-0.25, -0.2) is 14.4 Å². The predicted molar refractivity (Wildman–Crippen MR) is 72.6 cm³/mol. The van der Waals surface area contributed by atoms with Gasteiger partial charge in [-0.2, -0.15) is 0 Å². The smallest absolute Gasteiger partial charge is 0.166 e. The molecule has 104 valence electrons. The van der Waals surface area contributed by atoms with Crippen molar-refractivity contribution in [3.05, 3.63) is 53.9 Å². The quantitative estimate of drug-likeness (QED) is 0.878. The summed E-state index contributed by atoms with van der Waals surface area (Å²) < 4.78 is 19.0. The van der Waals surface area contributed by atoms with Gasteiger partial charge < -0.3 is 10.1 Å². The van der Waals surface area contributed by atoms with Crippen LogP contribution in [-0.2, 0) is 13.2 Å². The summed E-state index contributed by atoms with van der Waals surface area (Å²) in [6.45, 7) is 0.899. The van der Waals surface area contributed by atoms with Crippen LogP contribution in [0.25, 0.3) is 0 Å². The van der Waals surface area contributed by atoms with Crippen LogP contribution in [0.1, 0.15) is 24.2 Å². The minimum absolute atomic E-state index is 0.249. The predicted octanol–water partition coefficient (Wildman–Crippen LogP) is 2.45. The zero-order valence-corrected chi connectivity index (χ0v) is 11.1. The van der Waals surface area contributed by atoms with E-state index in [0.29, 0.717) is 24.2 Å². The number of nitrogens with one attached hydrogen (secondary N) is 1. The molecule has 0 saturated heterocycles. The Morgan fingerprint density at radius 1 is 1.25 bits per heavy atom. The van der Waals surface area contributed by atoms with Crippen molar-refractivity contribution in [3.63, 3.8) is 0 Å². The molecule has 4 nitrogen and oxygen atoms in total. The van der Waals surface area contributed by atoms with Crippen molar-refractivity contribution in [3.8, 4) is 5.75 Å². The van der Waals surface area contributed by atoms with E-state index in [4.69, 9.17) is 4.74 Å². The van der Waals surface area contributed by atoms with Gasteiger partial charge in [0.1, 0.15) is 18.2 Å². The molecule has 20 heavy (non-hydrogen) atoms. The molecule has 2 aromatic rings. The number of rotatable bonds is 6. The summed E-state index contributed by atoms with van der Waals surface area (Å²) in [6, 6.07) is 6.90. The molecular weight excluding hydrogens is 257 g/mol. The lowest BCUT2D eigenvalue weighted by Crippen LogP contribution is -2.16. The molecule has 0 unspecified atom stereocenters. The zero-order valence-electron chi connectivity index (χ0n) is 11.1. The first-order valence-corrected chi connectivity index (χ1v) is 6.72. The van der Waals surface area contributed by atoms with Gasteiger partial charge in [-0.15, -0.1) is 0 Å². The molecule has 0 amide bonds. The SMILES string of the molecule is Fc1ccc(OCc2ncccn2)c(CNC2CC2)c1. The molecule has 0 aliphatic heterocycles. The Morgan fingerprint density at radius 3 is 2.80 bits per heavy atom. The zero-order chi connectivity index (χ0) is 13.8. The normalized spacial score (nSPS) is 14.2. The third kappa shape index (κ3) is 3.51. The highest BCUT2D eigenvalue weighted by molar-refractivity contribution is 5.34. The van der Waals surface area contributed by atoms with Crippen molar-refractivity contribution in [2.24, 2.45) is 0 Å². The lowest BCUT2D eigenvalue weighted by molar-refractivity contribution is 0.291. The Kier molecular flexibility index (Phi) is 3.87. The van der Waals surface area contributed by atoms with Gasteiger partial charge in [-0.1, -0.05) is 0 Å². The lowest BCUT2D eigenvalue weighted by atomic mass is 10.2. The van der Waals surface area contributed by atoms with E-state index >= 15 is 0 Å². The van der Waals surface area contributed by atoms with E-state index in [1.165, 1.54) is 25.0 Å². The van der Waals surface area contributed by atoms with Gasteiger partial charge in [-0.05, 0) is 37.1 Å². The Morgan fingerprint density at radius 2 is 2.05 bits per heavy atom. The summed E-state index contributed by atoms with van der Waals surface area (Å²) in [4.78, 5) is 8.20. The van der Waals surface area contributed by atoms with Gasteiger partial charge in [0, 0.05) is 30.5 Å². The van der Waals surface area contributed by atoms with Gasteiger partial charge in [0.05, 0.1) is 0 Å². The summed E-state index contributed by atoms with van der Waals surface area (Å²) in [5, 5.41) is 3.36. The van der Waals surface area contributed by atoms with Crippen molar-refractivity contribution in [2.75, 3.05) is 0 Å². The van der Waals surface area contributed by atoms with E-state index < -0.39 is 0 Å². The van der Waals surface area contributed by atoms with Crippen molar-refractivity contribution < 1.29 is 9.13 Å². The van der Waals surface area contributed by atoms with Crippen LogP contribution in [0.4, 0.5) is 4.39 Å². The summed E-state index contributed by atoms with van der Waals surface area (Å²) >= 11 is 0. The van der Waals surface area contributed by atoms with E-state index in [1.54, 1.807) is 24.5 Å². The lowest BCUT2D eigenvalue weighted by Gasteiger charge is -2.11. The number of benzene rings is 1. The molecule has 0 spiro atoms. The Balaban J connectivity index is 1.67. The summed E-state index contributed by atoms with van der Waals surface area (Å²) in [5.74, 6) is 1.03. The topological polar surface area (TPSA) is 47.0 Å². The van der Waals surface area contributed by atoms with E-state index in [2.05, 4.69) is 15.3 Å². The minimum Gasteiger partial charge on any atom is -0.485 e. The number of hydrogen-bond acceptors (Lipinski definition) is 4. The maximum Gasteiger partial charge on any atom is 0.166 e. The highest BCUT2D eigenvalue weighted by Crippen LogP contribution is 2.24. The van der Waals surface area contributed by atoms with Crippen LogP contribution in [0.5, 0.6) is 5.75 Å². The fourth-order valence-corrected chi connectivity index (χ4v) is 1.92. The molecule has 1 heterocycles. The van der Waals surface area contributed by atoms with Crippen LogP contribution in [-0.4, -0.2) is 16.0 Å². The maximum absolute atomic E-state index is 13.3. The molecular formula is C15H16FN3O. The second-order valence-corrected chi connectivity index (χ2v) is 4.86. The van der Waals surface area contributed by atoms with Crippen LogP contribution in [0.15, 0.2) is 36.7 Å². The first-order chi connectivity index (χ1) is 9.81. The van der Waals surface area contributed by atoms with Crippen molar-refractivity contribution in [2.45, 2.75) is 32.0 Å². The molecule has 1 aromatic carbocycles. The van der Waals surface area contributed by atoms with Crippen LogP contribution >= 0.6 is 0 Å². The Labute approximate surface area is 117 Å². The number of nitrogens with zero attached hydrogens (tertiary/aromatic N) is 2. The van der Waals surface area contributed by atoms with Crippen LogP contribution < -0.4 is 10.1 Å². The van der Waals surface area contributed by atoms with Gasteiger partial charge >= 0.3 is 0 Å². The van der Waals surface area contributed by atoms with Gasteiger partial charge in [-0.3, -0.25) is 0 Å². The monoisotopic (exact) mass is 273 g/mol. The number of halogens is 1. The molecule has 0 atom stereocenters. The minimum atomic E-state index is -0.249. The standard InChI is InChI=1S/C15H16FN3O/c16-12-2-5-14(11(8-12)9-19-13-3-4-13)20-10-15-17-6-1-7-18-15/h1-2,5-8,13,19H,3-4,9-10H2. The van der Waals surface area contributed by atoms with Gasteiger partial charge in [0.2, 0.25) is 0 Å². The summed E-state index contributed by atoms with van der Waals surface area (Å²) in [7, 11) is 0. The highest BCUT2D eigenvalue weighted by Gasteiger charge is 2.20. The molecule has 1 aliphatic rings. The fourth-order valence-electron chi connectivity index (χ4n) is 1.92. The van der Waals surface area contributed by atoms with Crippen molar-refractivity contribution >= 4 is 0 Å². The maximum atomic E-state index is 13.3. The molecule has 5 heteroatoms. The van der Waals surface area contributed by atoms with Crippen molar-refractivity contribution in [1.29, 1.82) is 0 Å². The largest absolute Gasteiger partial charge is 0.485 e. The van der Waals surface area contributed by atoms with E-state index in [9.17, 15) is 4.39 Å². The molecule has 0 radical (unpaired) electrons. The van der Waals surface area contributed by atoms with Crippen LogP contribution in [0.2, 0.25) is 0 Å². The number of ether oxygens (including phenoxy) is 1. The van der Waals surface area contributed by atoms with Crippen LogP contribution in [0.3, 0.4) is 0 Å². The molecule has 1 fully saturated rings. The second-order valence-electron chi connectivity index (χ2n) is 4.86. The second kappa shape index (κ2) is 5.96. The average Bonchev–Trinajstić information content (AvgIpc) is 3.29. The first-order valence-electron chi connectivity index (χ1n) is 6.72. The summed E-state index contributed by atoms with van der Waals surface area (Å²) in [6.07, 6.45) is 5.74. The fraction of sp³-hybridized carbons (Fsp3) is 0.333. The molecule has 3 rings (SSSR count). The molecule has 1 N–H and O–H groups in total. The number of hydrogen-bond donors (Lipinski definition) is 1. The van der Waals surface area contributed by atoms with E-state index in [1.807, 2.05) is 0 Å². The Bertz CT molecular complexity index is 573. The summed E-state index contributed by atoms with van der Waals surface area (Å²) in [5.41, 5.74) is 0.827. The Hall–Kier alpha value is -2.01. The van der Waals surface area contributed by atoms with E-state index in [0.717, 1.165) is 5.56 Å². The molecule has 1 aromatic heterocycles. The molecule has 1 aliphatic carbocycles. The van der Waals surface area contributed by atoms with Crippen LogP contribution in [0, 0.1) is 5.82 Å². The van der Waals surface area contributed by atoms with Crippen molar-refractivity contribution in [1.82, 2.24) is 15.3 Å². The first kappa shape index (κ1) is 13.0.